The summed E-state index contributed by atoms with van der Waals surface area (Å²) in [4.78, 5) is 28.2. The van der Waals surface area contributed by atoms with Crippen molar-refractivity contribution >= 4 is 33.4 Å². The van der Waals surface area contributed by atoms with Gasteiger partial charge in [0.05, 0.1) is 24.8 Å². The second-order valence-corrected chi connectivity index (χ2v) is 8.19. The summed E-state index contributed by atoms with van der Waals surface area (Å²) < 4.78 is 6.02. The van der Waals surface area contributed by atoms with Gasteiger partial charge in [-0.05, 0) is 52.2 Å². The fourth-order valence-electron chi connectivity index (χ4n) is 4.78. The van der Waals surface area contributed by atoms with Gasteiger partial charge >= 0.3 is 0 Å². The van der Waals surface area contributed by atoms with Gasteiger partial charge in [0.2, 0.25) is 5.91 Å². The van der Waals surface area contributed by atoms with E-state index in [0.29, 0.717) is 5.69 Å². The number of halogens is 1. The number of benzene rings is 2. The maximum Gasteiger partial charge on any atom is 0.253 e. The van der Waals surface area contributed by atoms with Gasteiger partial charge in [0, 0.05) is 17.6 Å². The molecule has 0 N–H and O–H groups in total. The molecule has 0 aliphatic carbocycles. The number of hydrogen-bond donors (Lipinski definition) is 0. The standard InChI is InChI=1S/C21H20BrN3O3/c1-28-14-9-7-13(8-10-14)18-17-19(24-12-4-11-23(18)24)21(27)25(20(17)26)16-6-3-2-5-15(16)22/h2-3,5-10,17-19H,4,11-12H2,1H3/t17-,18+,19-/m1/s1. The minimum Gasteiger partial charge on any atom is -0.497 e. The van der Waals surface area contributed by atoms with E-state index in [1.165, 1.54) is 4.90 Å². The average molecular weight is 442 g/mol. The van der Waals surface area contributed by atoms with Crippen LogP contribution in [0.15, 0.2) is 53.0 Å². The van der Waals surface area contributed by atoms with E-state index in [-0.39, 0.29) is 17.9 Å². The lowest BCUT2D eigenvalue weighted by Crippen LogP contribution is -2.44. The molecule has 2 amide bonds. The van der Waals surface area contributed by atoms with E-state index in [9.17, 15) is 9.59 Å². The SMILES string of the molecule is COc1ccc([C@H]2[C@H]3C(=O)N(c4ccccc4Br)C(=O)[C@@H]3N3CCCN23)cc1. The van der Waals surface area contributed by atoms with Gasteiger partial charge in [-0.25, -0.2) is 14.9 Å². The Balaban J connectivity index is 1.58. The zero-order chi connectivity index (χ0) is 19.4. The summed E-state index contributed by atoms with van der Waals surface area (Å²) >= 11 is 3.49. The van der Waals surface area contributed by atoms with Crippen molar-refractivity contribution < 1.29 is 14.3 Å². The van der Waals surface area contributed by atoms with Crippen LogP contribution in [0, 0.1) is 5.92 Å². The molecular weight excluding hydrogens is 422 g/mol. The second kappa shape index (κ2) is 6.69. The number of hydrazine groups is 1. The fraction of sp³-hybridized carbons (Fsp3) is 0.333. The molecule has 3 saturated heterocycles. The van der Waals surface area contributed by atoms with Gasteiger partial charge in [0.1, 0.15) is 11.8 Å². The third kappa shape index (κ3) is 2.46. The molecule has 6 nitrogen and oxygen atoms in total. The van der Waals surface area contributed by atoms with Gasteiger partial charge in [-0.3, -0.25) is 9.59 Å². The lowest BCUT2D eigenvalue weighted by atomic mass is 9.90. The van der Waals surface area contributed by atoms with Gasteiger partial charge in [0.15, 0.2) is 0 Å². The number of carbonyl (C=O) groups is 2. The first-order valence-electron chi connectivity index (χ1n) is 9.41. The Morgan fingerprint density at radius 2 is 1.61 bits per heavy atom. The molecule has 2 aromatic carbocycles. The molecule has 144 valence electrons. The molecule has 3 heterocycles. The molecule has 3 fully saturated rings. The molecule has 2 aromatic rings. The Bertz CT molecular complexity index is 948. The van der Waals surface area contributed by atoms with Crippen LogP contribution in [0.25, 0.3) is 0 Å². The Morgan fingerprint density at radius 1 is 0.929 bits per heavy atom. The lowest BCUT2D eigenvalue weighted by molar-refractivity contribution is -0.126. The Kier molecular flexibility index (Phi) is 4.26. The highest BCUT2D eigenvalue weighted by molar-refractivity contribution is 9.10. The van der Waals surface area contributed by atoms with Gasteiger partial charge < -0.3 is 4.74 Å². The van der Waals surface area contributed by atoms with Crippen LogP contribution in [-0.2, 0) is 9.59 Å². The second-order valence-electron chi connectivity index (χ2n) is 7.33. The Hall–Kier alpha value is -2.22. The van der Waals surface area contributed by atoms with Crippen LogP contribution in [0.3, 0.4) is 0 Å². The molecular formula is C21H20BrN3O3. The van der Waals surface area contributed by atoms with Crippen molar-refractivity contribution in [1.29, 1.82) is 0 Å². The third-order valence-corrected chi connectivity index (χ3v) is 6.63. The van der Waals surface area contributed by atoms with Crippen LogP contribution in [-0.4, -0.2) is 48.1 Å². The number of para-hydroxylation sites is 1. The number of fused-ring (bicyclic) bond motifs is 3. The molecule has 5 rings (SSSR count). The van der Waals surface area contributed by atoms with Crippen LogP contribution in [0.4, 0.5) is 5.69 Å². The molecule has 0 aromatic heterocycles. The monoisotopic (exact) mass is 441 g/mol. The van der Waals surface area contributed by atoms with Crippen LogP contribution < -0.4 is 9.64 Å². The average Bonchev–Trinajstić information content (AvgIpc) is 3.35. The summed E-state index contributed by atoms with van der Waals surface area (Å²) in [5.74, 6) is 0.107. The van der Waals surface area contributed by atoms with Gasteiger partial charge in [-0.1, -0.05) is 24.3 Å². The summed E-state index contributed by atoms with van der Waals surface area (Å²) in [5.41, 5.74) is 1.65. The topological polar surface area (TPSA) is 53.1 Å². The summed E-state index contributed by atoms with van der Waals surface area (Å²) in [7, 11) is 1.64. The molecule has 3 aliphatic heterocycles. The van der Waals surface area contributed by atoms with Crippen LogP contribution >= 0.6 is 15.9 Å². The number of imide groups is 1. The van der Waals surface area contributed by atoms with Gasteiger partial charge in [0.25, 0.3) is 5.91 Å². The summed E-state index contributed by atoms with van der Waals surface area (Å²) in [6.45, 7) is 1.66. The van der Waals surface area contributed by atoms with Crippen molar-refractivity contribution in [3.05, 3.63) is 58.6 Å². The van der Waals surface area contributed by atoms with Crippen LogP contribution in [0.1, 0.15) is 18.0 Å². The van der Waals surface area contributed by atoms with Crippen molar-refractivity contribution in [3.63, 3.8) is 0 Å². The maximum atomic E-state index is 13.5. The zero-order valence-electron chi connectivity index (χ0n) is 15.4. The molecule has 0 bridgehead atoms. The normalized spacial score (nSPS) is 27.4. The van der Waals surface area contributed by atoms with Crippen molar-refractivity contribution in [3.8, 4) is 5.75 Å². The summed E-state index contributed by atoms with van der Waals surface area (Å²) in [5, 5.41) is 4.32. The Labute approximate surface area is 171 Å². The first kappa shape index (κ1) is 17.8. The number of nitrogens with zero attached hydrogens (tertiary/aromatic N) is 3. The van der Waals surface area contributed by atoms with Gasteiger partial charge in [-0.15, -0.1) is 0 Å². The van der Waals surface area contributed by atoms with E-state index in [0.717, 1.165) is 35.3 Å². The minimum absolute atomic E-state index is 0.128. The van der Waals surface area contributed by atoms with E-state index < -0.39 is 12.0 Å². The number of ether oxygens (including phenoxy) is 1. The first-order chi connectivity index (χ1) is 13.6. The van der Waals surface area contributed by atoms with Gasteiger partial charge in [-0.2, -0.15) is 0 Å². The highest BCUT2D eigenvalue weighted by Gasteiger charge is 2.62. The smallest absolute Gasteiger partial charge is 0.253 e. The molecule has 0 radical (unpaired) electrons. The van der Waals surface area contributed by atoms with E-state index in [1.807, 2.05) is 48.5 Å². The largest absolute Gasteiger partial charge is 0.497 e. The van der Waals surface area contributed by atoms with Crippen LogP contribution in [0.5, 0.6) is 5.75 Å². The Morgan fingerprint density at radius 3 is 2.29 bits per heavy atom. The lowest BCUT2D eigenvalue weighted by Gasteiger charge is -2.30. The molecule has 3 atom stereocenters. The molecule has 0 unspecified atom stereocenters. The predicted octanol–water partition coefficient (Wildman–Crippen LogP) is 2.99. The predicted molar refractivity (Wildman–Crippen MR) is 108 cm³/mol. The summed E-state index contributed by atoms with van der Waals surface area (Å²) in [6.07, 6.45) is 0.992. The highest BCUT2D eigenvalue weighted by Crippen LogP contribution is 2.49. The number of hydrogen-bond acceptors (Lipinski definition) is 5. The number of anilines is 1. The van der Waals surface area contributed by atoms with E-state index in [4.69, 9.17) is 4.74 Å². The van der Waals surface area contributed by atoms with E-state index in [1.54, 1.807) is 7.11 Å². The fourth-order valence-corrected chi connectivity index (χ4v) is 5.25. The van der Waals surface area contributed by atoms with Crippen molar-refractivity contribution in [1.82, 2.24) is 10.0 Å². The van der Waals surface area contributed by atoms with Crippen molar-refractivity contribution in [2.24, 2.45) is 5.92 Å². The zero-order valence-corrected chi connectivity index (χ0v) is 17.0. The molecule has 7 heteroatoms. The van der Waals surface area contributed by atoms with Crippen LogP contribution in [0.2, 0.25) is 0 Å². The first-order valence-corrected chi connectivity index (χ1v) is 10.2. The molecule has 28 heavy (non-hydrogen) atoms. The molecule has 0 spiro atoms. The van der Waals surface area contributed by atoms with Crippen molar-refractivity contribution in [2.75, 3.05) is 25.1 Å². The van der Waals surface area contributed by atoms with E-state index >= 15 is 0 Å². The number of carbonyl (C=O) groups excluding carboxylic acids is 2. The summed E-state index contributed by atoms with van der Waals surface area (Å²) in [6, 6.07) is 14.6. The number of amides is 2. The van der Waals surface area contributed by atoms with Crippen molar-refractivity contribution in [2.45, 2.75) is 18.5 Å². The molecule has 0 saturated carbocycles. The number of rotatable bonds is 3. The molecule has 3 aliphatic rings. The number of methoxy groups -OCH3 is 1. The van der Waals surface area contributed by atoms with E-state index in [2.05, 4.69) is 25.9 Å². The highest BCUT2D eigenvalue weighted by atomic mass is 79.9. The third-order valence-electron chi connectivity index (χ3n) is 5.96. The maximum absolute atomic E-state index is 13.5. The quantitative estimate of drug-likeness (QED) is 0.685. The minimum atomic E-state index is -0.436.